The van der Waals surface area contributed by atoms with E-state index in [9.17, 15) is 14.4 Å². The van der Waals surface area contributed by atoms with E-state index in [0.29, 0.717) is 42.2 Å². The molecule has 8 atom stereocenters. The van der Waals surface area contributed by atoms with Crippen molar-refractivity contribution in [2.24, 2.45) is 34.5 Å². The second-order valence-electron chi connectivity index (χ2n) is 13.7. The number of ketones is 2. The van der Waals surface area contributed by atoms with Gasteiger partial charge in [-0.1, -0.05) is 55.8 Å². The molecule has 0 aromatic heterocycles. The van der Waals surface area contributed by atoms with Gasteiger partial charge in [0.1, 0.15) is 11.6 Å². The van der Waals surface area contributed by atoms with Crippen molar-refractivity contribution < 1.29 is 14.4 Å². The fourth-order valence-corrected chi connectivity index (χ4v) is 10.6. The normalized spacial score (nSPS) is 34.3. The number of carbonyl (C=O) groups excluding carboxylic acids is 3. The monoisotopic (exact) mass is 584 g/mol. The molecule has 0 saturated heterocycles. The zero-order chi connectivity index (χ0) is 29.6. The van der Waals surface area contributed by atoms with E-state index in [2.05, 4.69) is 42.7 Å². The Morgan fingerprint density at radius 1 is 0.952 bits per heavy atom. The van der Waals surface area contributed by atoms with Crippen LogP contribution in [0.25, 0.3) is 0 Å². The number of Topliss-reactive ketones (excluding diaryl/α,β-unsaturated/α-hetero) is 2. The molecule has 2 amide bonds. The van der Waals surface area contributed by atoms with Crippen molar-refractivity contribution in [2.75, 3.05) is 5.32 Å². The van der Waals surface area contributed by atoms with E-state index >= 15 is 0 Å². The second-order valence-corrected chi connectivity index (χ2v) is 15.0. The highest BCUT2D eigenvalue weighted by Crippen LogP contribution is 2.67. The van der Waals surface area contributed by atoms with E-state index in [1.807, 2.05) is 61.2 Å². The molecule has 4 aliphatic carbocycles. The Balaban J connectivity index is 1.21. The molecule has 0 radical (unpaired) electrons. The van der Waals surface area contributed by atoms with Crippen LogP contribution < -0.4 is 10.6 Å². The summed E-state index contributed by atoms with van der Waals surface area (Å²) < 4.78 is 0. The Morgan fingerprint density at radius 3 is 2.40 bits per heavy atom. The van der Waals surface area contributed by atoms with Gasteiger partial charge in [0.25, 0.3) is 0 Å². The molecular formula is C36H44N2O3S. The first-order chi connectivity index (χ1) is 20.1. The summed E-state index contributed by atoms with van der Waals surface area (Å²) in [5.74, 6) is 2.45. The predicted octanol–water partition coefficient (Wildman–Crippen LogP) is 8.38. The van der Waals surface area contributed by atoms with Crippen LogP contribution >= 0.6 is 11.8 Å². The maximum absolute atomic E-state index is 12.7. The number of anilines is 1. The molecule has 42 heavy (non-hydrogen) atoms. The summed E-state index contributed by atoms with van der Waals surface area (Å²) in [6.07, 6.45) is 9.09. The highest BCUT2D eigenvalue weighted by Gasteiger charge is 2.61. The number of nitrogens with one attached hydrogen (secondary N) is 2. The predicted molar refractivity (Wildman–Crippen MR) is 169 cm³/mol. The summed E-state index contributed by atoms with van der Waals surface area (Å²) in [7, 11) is 0. The van der Waals surface area contributed by atoms with Gasteiger partial charge in [0.2, 0.25) is 0 Å². The SMILES string of the molecule is CC(=O)[C@H]1CC[C@H]2[C@@H]3[C@H](Sc4ccc(NC(=O)NC(C)c5ccccc5)cc4)C=C4CC(=O)CC[C@]4(C)[C@H]3CC[C@]12C. The van der Waals surface area contributed by atoms with Crippen LogP contribution in [0.3, 0.4) is 0 Å². The number of fused-ring (bicyclic) bond motifs is 5. The number of rotatable bonds is 6. The summed E-state index contributed by atoms with van der Waals surface area (Å²) in [6.45, 7) is 8.59. The molecule has 2 aromatic carbocycles. The van der Waals surface area contributed by atoms with Gasteiger partial charge in [-0.3, -0.25) is 9.59 Å². The zero-order valence-corrected chi connectivity index (χ0v) is 26.1. The number of carbonyl (C=O) groups is 3. The lowest BCUT2D eigenvalue weighted by atomic mass is 9.47. The first kappa shape index (κ1) is 29.2. The van der Waals surface area contributed by atoms with Crippen molar-refractivity contribution in [1.29, 1.82) is 0 Å². The van der Waals surface area contributed by atoms with Gasteiger partial charge in [-0.05, 0) is 104 Å². The molecule has 6 rings (SSSR count). The Labute approximate surface area is 254 Å². The van der Waals surface area contributed by atoms with Crippen LogP contribution in [0.4, 0.5) is 10.5 Å². The molecule has 4 aliphatic rings. The molecule has 2 aromatic rings. The van der Waals surface area contributed by atoms with Crippen molar-refractivity contribution in [1.82, 2.24) is 5.32 Å². The molecule has 3 saturated carbocycles. The maximum atomic E-state index is 12.7. The van der Waals surface area contributed by atoms with Gasteiger partial charge in [0, 0.05) is 34.6 Å². The van der Waals surface area contributed by atoms with Gasteiger partial charge in [0.05, 0.1) is 6.04 Å². The summed E-state index contributed by atoms with van der Waals surface area (Å²) in [4.78, 5) is 39.1. The second kappa shape index (κ2) is 11.3. The van der Waals surface area contributed by atoms with Crippen LogP contribution in [0, 0.1) is 34.5 Å². The largest absolute Gasteiger partial charge is 0.331 e. The van der Waals surface area contributed by atoms with Crippen LogP contribution in [0.1, 0.15) is 84.2 Å². The molecule has 1 unspecified atom stereocenters. The van der Waals surface area contributed by atoms with E-state index < -0.39 is 0 Å². The minimum absolute atomic E-state index is 0.0655. The van der Waals surface area contributed by atoms with Crippen LogP contribution in [-0.4, -0.2) is 22.8 Å². The molecule has 0 bridgehead atoms. The lowest BCUT2D eigenvalue weighted by molar-refractivity contribution is -0.128. The fraction of sp³-hybridized carbons (Fsp3) is 0.528. The average molecular weight is 585 g/mol. The standard InChI is InChI=1S/C36H44N2O3S/c1-22(24-8-6-5-7-9-24)37-34(41)38-26-10-12-28(13-11-26)42-32-21-25-20-27(40)16-18-35(25,3)31-17-19-36(4)29(23(2)39)14-15-30(36)33(31)32/h5-13,21-22,29-33H,14-20H2,1-4H3,(H2,37,38,41)/t22?,29-,30+,31+,32-,33+,35+,36-/m1/s1. The minimum atomic E-state index is -0.226. The third kappa shape index (κ3) is 5.25. The zero-order valence-electron chi connectivity index (χ0n) is 25.3. The van der Waals surface area contributed by atoms with E-state index in [0.717, 1.165) is 43.4 Å². The maximum Gasteiger partial charge on any atom is 0.319 e. The smallest absolute Gasteiger partial charge is 0.319 e. The molecule has 3 fully saturated rings. The van der Waals surface area contributed by atoms with Gasteiger partial charge in [0.15, 0.2) is 0 Å². The van der Waals surface area contributed by atoms with Gasteiger partial charge >= 0.3 is 6.03 Å². The average Bonchev–Trinajstić information content (AvgIpc) is 3.33. The Kier molecular flexibility index (Phi) is 7.88. The Bertz CT molecular complexity index is 1390. The quantitative estimate of drug-likeness (QED) is 0.335. The highest BCUT2D eigenvalue weighted by atomic mass is 32.2. The van der Waals surface area contributed by atoms with Crippen molar-refractivity contribution in [3.8, 4) is 0 Å². The molecular weight excluding hydrogens is 540 g/mol. The van der Waals surface area contributed by atoms with Crippen LogP contribution in [0.2, 0.25) is 0 Å². The third-order valence-electron chi connectivity index (χ3n) is 11.5. The molecule has 0 aliphatic heterocycles. The topological polar surface area (TPSA) is 75.3 Å². The summed E-state index contributed by atoms with van der Waals surface area (Å²) in [5.41, 5.74) is 3.32. The lowest BCUT2D eigenvalue weighted by Gasteiger charge is -2.59. The van der Waals surface area contributed by atoms with Gasteiger partial charge in [-0.25, -0.2) is 4.79 Å². The summed E-state index contributed by atoms with van der Waals surface area (Å²) in [5, 5.41) is 6.26. The lowest BCUT2D eigenvalue weighted by Crippen LogP contribution is -2.54. The Morgan fingerprint density at radius 2 is 1.69 bits per heavy atom. The first-order valence-electron chi connectivity index (χ1n) is 15.7. The molecule has 2 N–H and O–H groups in total. The minimum Gasteiger partial charge on any atom is -0.331 e. The number of hydrogen-bond acceptors (Lipinski definition) is 4. The van der Waals surface area contributed by atoms with Gasteiger partial charge < -0.3 is 10.6 Å². The summed E-state index contributed by atoms with van der Waals surface area (Å²) in [6, 6.07) is 17.8. The van der Waals surface area contributed by atoms with Crippen molar-refractivity contribution in [2.45, 2.75) is 88.8 Å². The molecule has 0 spiro atoms. The number of hydrogen-bond donors (Lipinski definition) is 2. The van der Waals surface area contributed by atoms with Gasteiger partial charge in [-0.15, -0.1) is 11.8 Å². The number of benzene rings is 2. The first-order valence-corrected chi connectivity index (χ1v) is 16.6. The van der Waals surface area contributed by atoms with Crippen LogP contribution in [0.5, 0.6) is 0 Å². The number of amides is 2. The van der Waals surface area contributed by atoms with E-state index in [1.54, 1.807) is 6.92 Å². The highest BCUT2D eigenvalue weighted by molar-refractivity contribution is 8.00. The van der Waals surface area contributed by atoms with Crippen LogP contribution in [-0.2, 0) is 9.59 Å². The molecule has 6 heteroatoms. The van der Waals surface area contributed by atoms with Crippen molar-refractivity contribution in [3.05, 3.63) is 71.8 Å². The molecule has 5 nitrogen and oxygen atoms in total. The number of urea groups is 1. The fourth-order valence-electron chi connectivity index (χ4n) is 9.18. The van der Waals surface area contributed by atoms with Gasteiger partial charge in [-0.2, -0.15) is 0 Å². The van der Waals surface area contributed by atoms with E-state index in [1.165, 1.54) is 10.5 Å². The third-order valence-corrected chi connectivity index (χ3v) is 12.7. The van der Waals surface area contributed by atoms with Crippen molar-refractivity contribution >= 4 is 35.0 Å². The Hall–Kier alpha value is -2.86. The summed E-state index contributed by atoms with van der Waals surface area (Å²) >= 11 is 1.90. The molecule has 222 valence electrons. The van der Waals surface area contributed by atoms with E-state index in [4.69, 9.17) is 0 Å². The number of thioether (sulfide) groups is 1. The van der Waals surface area contributed by atoms with Crippen LogP contribution in [0.15, 0.2) is 71.1 Å². The number of allylic oxidation sites excluding steroid dienone is 1. The molecule has 0 heterocycles. The van der Waals surface area contributed by atoms with E-state index in [-0.39, 0.29) is 34.1 Å². The van der Waals surface area contributed by atoms with Crippen molar-refractivity contribution in [3.63, 3.8) is 0 Å².